The van der Waals surface area contributed by atoms with E-state index in [4.69, 9.17) is 16.6 Å². The highest BCUT2D eigenvalue weighted by Gasteiger charge is 2.10. The van der Waals surface area contributed by atoms with Crippen molar-refractivity contribution < 1.29 is 0 Å². The molecule has 0 aliphatic heterocycles. The van der Waals surface area contributed by atoms with Crippen LogP contribution >= 0.6 is 22.9 Å². The van der Waals surface area contributed by atoms with Crippen LogP contribution in [0.2, 0.25) is 5.15 Å². The van der Waals surface area contributed by atoms with Crippen molar-refractivity contribution in [3.63, 3.8) is 0 Å². The summed E-state index contributed by atoms with van der Waals surface area (Å²) in [6.07, 6.45) is 0. The molecule has 96 valence electrons. The Labute approximate surface area is 124 Å². The summed E-state index contributed by atoms with van der Waals surface area (Å²) in [6.45, 7) is 0. The fraction of sp³-hybridized carbons (Fsp3) is 0. The minimum atomic E-state index is 0.504. The van der Waals surface area contributed by atoms with E-state index in [1.807, 2.05) is 35.7 Å². The van der Waals surface area contributed by atoms with Crippen LogP contribution in [0.4, 0.5) is 0 Å². The van der Waals surface area contributed by atoms with Crippen LogP contribution in [0.25, 0.3) is 32.4 Å². The van der Waals surface area contributed by atoms with E-state index in [0.717, 1.165) is 26.6 Å². The Hall–Kier alpha value is -1.97. The summed E-state index contributed by atoms with van der Waals surface area (Å²) in [4.78, 5) is 10.2. The molecule has 0 unspecified atom stereocenters. The first-order valence-electron chi connectivity index (χ1n) is 6.22. The fourth-order valence-corrected chi connectivity index (χ4v) is 3.23. The molecular weight excluding hydrogens is 288 g/mol. The molecule has 2 heterocycles. The fourth-order valence-electron chi connectivity index (χ4n) is 2.34. The first kappa shape index (κ1) is 11.8. The molecule has 4 heteroatoms. The smallest absolute Gasteiger partial charge is 0.171 e. The topological polar surface area (TPSA) is 25.8 Å². The van der Waals surface area contributed by atoms with E-state index in [1.165, 1.54) is 0 Å². The van der Waals surface area contributed by atoms with Crippen molar-refractivity contribution >= 4 is 44.6 Å². The van der Waals surface area contributed by atoms with Crippen LogP contribution in [0.5, 0.6) is 0 Å². The number of fused-ring (bicyclic) bond motifs is 3. The monoisotopic (exact) mass is 296 g/mol. The third kappa shape index (κ3) is 1.79. The number of hydrogen-bond donors (Lipinski definition) is 0. The summed E-state index contributed by atoms with van der Waals surface area (Å²) in [7, 11) is 0. The van der Waals surface area contributed by atoms with Crippen molar-refractivity contribution in [1.29, 1.82) is 0 Å². The molecule has 0 aliphatic carbocycles. The van der Waals surface area contributed by atoms with Gasteiger partial charge in [-0.2, -0.15) is 0 Å². The highest BCUT2D eigenvalue weighted by Crippen LogP contribution is 2.31. The van der Waals surface area contributed by atoms with Crippen molar-refractivity contribution in [2.75, 3.05) is 0 Å². The van der Waals surface area contributed by atoms with Crippen molar-refractivity contribution in [1.82, 2.24) is 9.97 Å². The van der Waals surface area contributed by atoms with Gasteiger partial charge in [-0.15, -0.1) is 11.3 Å². The summed E-state index contributed by atoms with van der Waals surface area (Å²) in [5.74, 6) is 0.689. The summed E-state index contributed by atoms with van der Waals surface area (Å²) in [6, 6.07) is 16.2. The van der Waals surface area contributed by atoms with Crippen LogP contribution in [0.3, 0.4) is 0 Å². The summed E-state index contributed by atoms with van der Waals surface area (Å²) in [5, 5.41) is 5.67. The largest absolute Gasteiger partial charge is 0.226 e. The van der Waals surface area contributed by atoms with Crippen LogP contribution in [-0.4, -0.2) is 9.97 Å². The van der Waals surface area contributed by atoms with Crippen LogP contribution in [0.15, 0.2) is 53.9 Å². The van der Waals surface area contributed by atoms with Gasteiger partial charge in [0.05, 0.1) is 10.4 Å². The van der Waals surface area contributed by atoms with Gasteiger partial charge in [-0.3, -0.25) is 0 Å². The van der Waals surface area contributed by atoms with E-state index in [-0.39, 0.29) is 0 Å². The molecule has 2 aromatic heterocycles. The van der Waals surface area contributed by atoms with Crippen LogP contribution < -0.4 is 0 Å². The number of aromatic nitrogens is 2. The first-order valence-corrected chi connectivity index (χ1v) is 7.47. The Morgan fingerprint density at radius 2 is 1.75 bits per heavy atom. The van der Waals surface area contributed by atoms with Crippen LogP contribution in [0, 0.1) is 0 Å². The standard InChI is InChI=1S/C16H9ClN2S/c17-15-12-8-7-10-4-1-2-5-11(10)14(12)18-16(19-15)13-6-3-9-20-13/h1-9H. The van der Waals surface area contributed by atoms with Crippen molar-refractivity contribution in [2.24, 2.45) is 0 Å². The van der Waals surface area contributed by atoms with Crippen molar-refractivity contribution in [3.8, 4) is 10.7 Å². The molecular formula is C16H9ClN2S. The Balaban J connectivity index is 2.14. The summed E-state index contributed by atoms with van der Waals surface area (Å²) >= 11 is 7.95. The number of hydrogen-bond acceptors (Lipinski definition) is 3. The lowest BCUT2D eigenvalue weighted by Crippen LogP contribution is -1.91. The van der Waals surface area contributed by atoms with Crippen LogP contribution in [-0.2, 0) is 0 Å². The number of nitrogens with zero attached hydrogens (tertiary/aromatic N) is 2. The third-order valence-electron chi connectivity index (χ3n) is 3.29. The van der Waals surface area contributed by atoms with E-state index >= 15 is 0 Å². The lowest BCUT2D eigenvalue weighted by molar-refractivity contribution is 1.24. The van der Waals surface area contributed by atoms with Gasteiger partial charge in [0.1, 0.15) is 5.15 Å². The minimum absolute atomic E-state index is 0.504. The second kappa shape index (κ2) is 4.54. The second-order valence-corrected chi connectivity index (χ2v) is 5.80. The van der Waals surface area contributed by atoms with Gasteiger partial charge in [0.2, 0.25) is 0 Å². The molecule has 4 rings (SSSR count). The zero-order valence-corrected chi connectivity index (χ0v) is 11.9. The number of benzene rings is 2. The third-order valence-corrected chi connectivity index (χ3v) is 4.44. The molecule has 0 amide bonds. The zero-order chi connectivity index (χ0) is 13.5. The lowest BCUT2D eigenvalue weighted by atomic mass is 10.1. The lowest BCUT2D eigenvalue weighted by Gasteiger charge is -2.06. The Morgan fingerprint density at radius 3 is 2.60 bits per heavy atom. The Kier molecular flexibility index (Phi) is 2.69. The average Bonchev–Trinajstić information content (AvgIpc) is 3.01. The minimum Gasteiger partial charge on any atom is -0.226 e. The van der Waals surface area contributed by atoms with E-state index in [9.17, 15) is 0 Å². The predicted octanol–water partition coefficient (Wildman–Crippen LogP) is 5.16. The van der Waals surface area contributed by atoms with Gasteiger partial charge in [0.25, 0.3) is 0 Å². The van der Waals surface area contributed by atoms with E-state index in [1.54, 1.807) is 11.3 Å². The quantitative estimate of drug-likeness (QED) is 0.358. The normalized spacial score (nSPS) is 11.2. The second-order valence-electron chi connectivity index (χ2n) is 4.50. The van der Waals surface area contributed by atoms with Gasteiger partial charge >= 0.3 is 0 Å². The average molecular weight is 297 g/mol. The van der Waals surface area contributed by atoms with Crippen molar-refractivity contribution in [2.45, 2.75) is 0 Å². The SMILES string of the molecule is Clc1nc(-c2cccs2)nc2c1ccc1ccccc12. The molecule has 0 radical (unpaired) electrons. The number of rotatable bonds is 1. The summed E-state index contributed by atoms with van der Waals surface area (Å²) in [5.41, 5.74) is 0.909. The highest BCUT2D eigenvalue weighted by atomic mass is 35.5. The first-order chi connectivity index (χ1) is 9.83. The molecule has 0 spiro atoms. The van der Waals surface area contributed by atoms with E-state index < -0.39 is 0 Å². The van der Waals surface area contributed by atoms with Gasteiger partial charge in [0, 0.05) is 10.8 Å². The molecule has 2 aromatic carbocycles. The van der Waals surface area contributed by atoms with Crippen LogP contribution in [0.1, 0.15) is 0 Å². The highest BCUT2D eigenvalue weighted by molar-refractivity contribution is 7.13. The molecule has 0 saturated carbocycles. The van der Waals surface area contributed by atoms with Gasteiger partial charge in [-0.05, 0) is 22.9 Å². The summed E-state index contributed by atoms with van der Waals surface area (Å²) < 4.78 is 0. The van der Waals surface area contributed by atoms with Crippen molar-refractivity contribution in [3.05, 3.63) is 59.1 Å². The van der Waals surface area contributed by atoms with E-state index in [0.29, 0.717) is 11.0 Å². The molecule has 2 nitrogen and oxygen atoms in total. The Bertz CT molecular complexity index is 916. The maximum atomic E-state index is 6.33. The molecule has 0 fully saturated rings. The van der Waals surface area contributed by atoms with Gasteiger partial charge < -0.3 is 0 Å². The van der Waals surface area contributed by atoms with Gasteiger partial charge in [-0.1, -0.05) is 48.0 Å². The Morgan fingerprint density at radius 1 is 0.850 bits per heavy atom. The number of thiophene rings is 1. The number of halogens is 1. The molecule has 0 bridgehead atoms. The molecule has 0 saturated heterocycles. The zero-order valence-electron chi connectivity index (χ0n) is 10.4. The molecule has 0 N–H and O–H groups in total. The van der Waals surface area contributed by atoms with E-state index in [2.05, 4.69) is 23.2 Å². The predicted molar refractivity (Wildman–Crippen MR) is 85.4 cm³/mol. The molecule has 0 atom stereocenters. The maximum Gasteiger partial charge on any atom is 0.171 e. The molecule has 20 heavy (non-hydrogen) atoms. The molecule has 4 aromatic rings. The molecule has 0 aliphatic rings. The van der Waals surface area contributed by atoms with Gasteiger partial charge in [0.15, 0.2) is 5.82 Å². The maximum absolute atomic E-state index is 6.33. The van der Waals surface area contributed by atoms with Gasteiger partial charge in [-0.25, -0.2) is 9.97 Å².